The summed E-state index contributed by atoms with van der Waals surface area (Å²) in [4.78, 5) is 23.8. The molecule has 0 aromatic heterocycles. The summed E-state index contributed by atoms with van der Waals surface area (Å²) in [6, 6.07) is 2.85. The van der Waals surface area contributed by atoms with Crippen molar-refractivity contribution in [3.63, 3.8) is 0 Å². The average Bonchev–Trinajstić information content (AvgIpc) is 2.44. The van der Waals surface area contributed by atoms with Gasteiger partial charge in [0.15, 0.2) is 5.57 Å². The molecule has 0 atom stereocenters. The summed E-state index contributed by atoms with van der Waals surface area (Å²) in [7, 11) is 0. The Balaban J connectivity index is 2.34. The second-order valence-corrected chi connectivity index (χ2v) is 6.26. The molecule has 1 aromatic rings. The molecule has 6 nitrogen and oxygen atoms in total. The molecule has 0 unspecified atom stereocenters. The molecule has 0 amide bonds. The third-order valence-electron chi connectivity index (χ3n) is 3.16. The smallest absolute Gasteiger partial charge is 0.416 e. The number of cyclic esters (lactones) is 2. The number of alkyl halides is 3. The van der Waals surface area contributed by atoms with Crippen molar-refractivity contribution in [2.24, 2.45) is 0 Å². The number of esters is 2. The van der Waals surface area contributed by atoms with Crippen molar-refractivity contribution in [1.29, 1.82) is 0 Å². The van der Waals surface area contributed by atoms with Crippen LogP contribution in [0.2, 0.25) is 0 Å². The van der Waals surface area contributed by atoms with E-state index in [-0.39, 0.29) is 17.5 Å². The molecule has 1 fully saturated rings. The second kappa shape index (κ2) is 6.89. The van der Waals surface area contributed by atoms with Gasteiger partial charge in [-0.2, -0.15) is 13.2 Å². The summed E-state index contributed by atoms with van der Waals surface area (Å²) < 4.78 is 54.1. The Morgan fingerprint density at radius 3 is 2.23 bits per heavy atom. The Morgan fingerprint density at radius 2 is 1.73 bits per heavy atom. The highest BCUT2D eigenvalue weighted by Crippen LogP contribution is 2.35. The Bertz CT molecular complexity index is 731. The van der Waals surface area contributed by atoms with E-state index in [9.17, 15) is 22.8 Å². The van der Waals surface area contributed by atoms with Gasteiger partial charge in [-0.15, -0.1) is 0 Å². The summed E-state index contributed by atoms with van der Waals surface area (Å²) in [6.45, 7) is 6.18. The molecule has 1 N–H and O–H groups in total. The number of benzene rings is 1. The molecule has 2 rings (SSSR count). The van der Waals surface area contributed by atoms with Crippen molar-refractivity contribution >= 4 is 17.6 Å². The summed E-state index contributed by atoms with van der Waals surface area (Å²) in [5.41, 5.74) is -1.45. The van der Waals surface area contributed by atoms with Crippen LogP contribution in [0.3, 0.4) is 0 Å². The maximum atomic E-state index is 12.9. The number of anilines is 1. The Kier molecular flexibility index (Phi) is 5.20. The van der Waals surface area contributed by atoms with E-state index in [1.54, 1.807) is 13.8 Å². The highest BCUT2D eigenvalue weighted by molar-refractivity contribution is 6.15. The van der Waals surface area contributed by atoms with Crippen LogP contribution in [-0.4, -0.2) is 23.8 Å². The number of rotatable bonds is 4. The molecule has 0 saturated carbocycles. The zero-order valence-electron chi connectivity index (χ0n) is 14.6. The van der Waals surface area contributed by atoms with Gasteiger partial charge in [-0.1, -0.05) is 0 Å². The number of ether oxygens (including phenoxy) is 3. The fourth-order valence-corrected chi connectivity index (χ4v) is 2.10. The van der Waals surface area contributed by atoms with Gasteiger partial charge in [0.25, 0.3) is 5.79 Å². The van der Waals surface area contributed by atoms with E-state index in [4.69, 9.17) is 14.2 Å². The van der Waals surface area contributed by atoms with Crippen molar-refractivity contribution < 1.29 is 37.0 Å². The first-order valence-electron chi connectivity index (χ1n) is 7.70. The van der Waals surface area contributed by atoms with Gasteiger partial charge in [-0.05, 0) is 32.0 Å². The third kappa shape index (κ3) is 4.68. The molecule has 1 heterocycles. The van der Waals surface area contributed by atoms with Crippen molar-refractivity contribution in [3.8, 4) is 5.75 Å². The summed E-state index contributed by atoms with van der Waals surface area (Å²) in [6.07, 6.45) is -3.93. The van der Waals surface area contributed by atoms with Crippen LogP contribution in [0.15, 0.2) is 30.0 Å². The van der Waals surface area contributed by atoms with Crippen LogP contribution in [0, 0.1) is 0 Å². The summed E-state index contributed by atoms with van der Waals surface area (Å²) in [5.74, 6) is -3.18. The highest BCUT2D eigenvalue weighted by atomic mass is 19.4. The molecule has 1 aliphatic rings. The molecular formula is C17H18F3NO5. The Labute approximate surface area is 147 Å². The largest absolute Gasteiger partial charge is 0.489 e. The van der Waals surface area contributed by atoms with Crippen LogP contribution < -0.4 is 10.1 Å². The molecular weight excluding hydrogens is 355 g/mol. The van der Waals surface area contributed by atoms with E-state index in [1.165, 1.54) is 13.8 Å². The molecule has 0 aliphatic carbocycles. The van der Waals surface area contributed by atoms with E-state index >= 15 is 0 Å². The van der Waals surface area contributed by atoms with Gasteiger partial charge in [-0.3, -0.25) is 0 Å². The van der Waals surface area contributed by atoms with Crippen molar-refractivity contribution in [3.05, 3.63) is 35.5 Å². The predicted molar refractivity (Wildman–Crippen MR) is 85.2 cm³/mol. The van der Waals surface area contributed by atoms with E-state index < -0.39 is 35.0 Å². The summed E-state index contributed by atoms with van der Waals surface area (Å²) in [5, 5.41) is 2.50. The van der Waals surface area contributed by atoms with E-state index in [0.29, 0.717) is 0 Å². The van der Waals surface area contributed by atoms with E-state index in [0.717, 1.165) is 24.4 Å². The minimum Gasteiger partial charge on any atom is -0.489 e. The fraction of sp³-hybridized carbons (Fsp3) is 0.412. The first-order chi connectivity index (χ1) is 11.9. The van der Waals surface area contributed by atoms with Gasteiger partial charge >= 0.3 is 18.1 Å². The van der Waals surface area contributed by atoms with Gasteiger partial charge in [0.1, 0.15) is 5.75 Å². The first-order valence-corrected chi connectivity index (χ1v) is 7.70. The van der Waals surface area contributed by atoms with Crippen LogP contribution >= 0.6 is 0 Å². The van der Waals surface area contributed by atoms with Crippen LogP contribution in [-0.2, 0) is 25.2 Å². The van der Waals surface area contributed by atoms with E-state index in [1.807, 2.05) is 0 Å². The van der Waals surface area contributed by atoms with Gasteiger partial charge in [0.05, 0.1) is 17.4 Å². The lowest BCUT2D eigenvalue weighted by atomic mass is 10.1. The third-order valence-corrected chi connectivity index (χ3v) is 3.16. The van der Waals surface area contributed by atoms with Crippen LogP contribution in [0.1, 0.15) is 33.3 Å². The summed E-state index contributed by atoms with van der Waals surface area (Å²) >= 11 is 0. The number of carbonyl (C=O) groups excluding carboxylic acids is 2. The zero-order chi connectivity index (χ0) is 19.7. The van der Waals surface area contributed by atoms with Crippen LogP contribution in [0.4, 0.5) is 18.9 Å². The predicted octanol–water partition coefficient (Wildman–Crippen LogP) is 3.62. The molecule has 1 aliphatic heterocycles. The molecule has 0 spiro atoms. The SMILES string of the molecule is CC(C)Oc1ccc(C(F)(F)F)cc1NC=C1C(=O)OC(C)(C)OC1=O. The Morgan fingerprint density at radius 1 is 1.15 bits per heavy atom. The lowest BCUT2D eigenvalue weighted by molar-refractivity contribution is -0.222. The minimum atomic E-state index is -4.56. The maximum absolute atomic E-state index is 12.9. The van der Waals surface area contributed by atoms with E-state index in [2.05, 4.69) is 5.32 Å². The topological polar surface area (TPSA) is 73.9 Å². The van der Waals surface area contributed by atoms with Crippen molar-refractivity contribution in [1.82, 2.24) is 0 Å². The monoisotopic (exact) mass is 373 g/mol. The number of nitrogens with one attached hydrogen (secondary N) is 1. The Hall–Kier alpha value is -2.71. The molecule has 0 radical (unpaired) electrons. The van der Waals surface area contributed by atoms with Crippen molar-refractivity contribution in [2.45, 2.75) is 45.8 Å². The maximum Gasteiger partial charge on any atom is 0.416 e. The number of halogens is 3. The molecule has 1 saturated heterocycles. The normalized spacial score (nSPS) is 16.8. The molecule has 0 bridgehead atoms. The van der Waals surface area contributed by atoms with Gasteiger partial charge < -0.3 is 19.5 Å². The van der Waals surface area contributed by atoms with Crippen molar-refractivity contribution in [2.75, 3.05) is 5.32 Å². The highest BCUT2D eigenvalue weighted by Gasteiger charge is 2.39. The average molecular weight is 373 g/mol. The lowest BCUT2D eigenvalue weighted by Gasteiger charge is -2.29. The van der Waals surface area contributed by atoms with Gasteiger partial charge in [0.2, 0.25) is 0 Å². The molecule has 9 heteroatoms. The fourth-order valence-electron chi connectivity index (χ4n) is 2.10. The number of hydrogen-bond donors (Lipinski definition) is 1. The minimum absolute atomic E-state index is 0.0635. The molecule has 26 heavy (non-hydrogen) atoms. The first kappa shape index (κ1) is 19.6. The molecule has 142 valence electrons. The van der Waals surface area contributed by atoms with Gasteiger partial charge in [0, 0.05) is 20.0 Å². The standard InChI is InChI=1S/C17H18F3NO5/c1-9(2)24-13-6-5-10(17(18,19)20)7-12(13)21-8-11-14(22)25-16(3,4)26-15(11)23/h5-9,21H,1-4H3. The lowest BCUT2D eigenvalue weighted by Crippen LogP contribution is -2.42. The van der Waals surface area contributed by atoms with Gasteiger partial charge in [-0.25, -0.2) is 9.59 Å². The van der Waals surface area contributed by atoms with Crippen LogP contribution in [0.25, 0.3) is 0 Å². The molecule has 1 aromatic carbocycles. The second-order valence-electron chi connectivity index (χ2n) is 6.26. The van der Waals surface area contributed by atoms with Crippen LogP contribution in [0.5, 0.6) is 5.75 Å². The number of carbonyl (C=O) groups is 2. The number of hydrogen-bond acceptors (Lipinski definition) is 6. The quantitative estimate of drug-likeness (QED) is 0.494. The zero-order valence-corrected chi connectivity index (χ0v) is 14.6.